The molecule has 1 saturated heterocycles. The number of aryl methyl sites for hydroxylation is 1. The van der Waals surface area contributed by atoms with Crippen molar-refractivity contribution in [1.82, 2.24) is 20.1 Å². The number of nitrogens with zero attached hydrogens (tertiary/aromatic N) is 3. The third-order valence-electron chi connectivity index (χ3n) is 7.44. The first kappa shape index (κ1) is 28.6. The van der Waals surface area contributed by atoms with E-state index < -0.39 is 5.97 Å². The predicted molar refractivity (Wildman–Crippen MR) is 161 cm³/mol. The van der Waals surface area contributed by atoms with Crippen LogP contribution in [0.2, 0.25) is 0 Å². The molecule has 1 aromatic heterocycles. The summed E-state index contributed by atoms with van der Waals surface area (Å²) in [5, 5.41) is 14.4. The van der Waals surface area contributed by atoms with Crippen LogP contribution in [0.4, 0.5) is 5.69 Å². The van der Waals surface area contributed by atoms with Gasteiger partial charge in [0.2, 0.25) is 5.91 Å². The van der Waals surface area contributed by atoms with Crippen molar-refractivity contribution in [3.63, 3.8) is 0 Å². The lowest BCUT2D eigenvalue weighted by Gasteiger charge is -2.32. The second-order valence-electron chi connectivity index (χ2n) is 10.3. The standard InChI is InChI=1S/C32H33N5O5/c1-20-17-25-26(18-24(20)32(41)42-3)35-31(40)28(25)29(21-7-5-4-6-8-21)34-23-11-9-22(10-12-23)30(39)33-19-27(38)37-15-13-36(2)14-16-37/h4-12,17-18,35,40H,13-16,19H2,1-3H3,(H,33,39). The minimum atomic E-state index is -0.463. The van der Waals surface area contributed by atoms with Crippen LogP contribution in [0, 0.1) is 6.92 Å². The van der Waals surface area contributed by atoms with E-state index in [1.807, 2.05) is 43.4 Å². The normalized spacial score (nSPS) is 14.2. The molecule has 0 bridgehead atoms. The van der Waals surface area contributed by atoms with E-state index in [1.54, 1.807) is 42.2 Å². The zero-order valence-corrected chi connectivity index (χ0v) is 23.8. The topological polar surface area (TPSA) is 127 Å². The summed E-state index contributed by atoms with van der Waals surface area (Å²) in [6, 6.07) is 19.7. The van der Waals surface area contributed by atoms with Crippen molar-refractivity contribution in [3.8, 4) is 5.88 Å². The molecule has 0 saturated carbocycles. The summed E-state index contributed by atoms with van der Waals surface area (Å²) < 4.78 is 4.90. The fourth-order valence-corrected chi connectivity index (χ4v) is 5.01. The second kappa shape index (κ2) is 12.3. The number of carbonyl (C=O) groups is 3. The van der Waals surface area contributed by atoms with Gasteiger partial charge in [0.15, 0.2) is 5.88 Å². The SMILES string of the molecule is COC(=O)c1cc2[nH]c(O)c(C(=Nc3ccc(C(=O)NCC(=O)N4CCN(C)CC4)cc3)c3ccccc3)c2cc1C. The third kappa shape index (κ3) is 6.03. The number of rotatable bonds is 7. The molecular formula is C32H33N5O5. The Hall–Kier alpha value is -4.96. The highest BCUT2D eigenvalue weighted by atomic mass is 16.5. The van der Waals surface area contributed by atoms with Crippen LogP contribution in [-0.2, 0) is 9.53 Å². The fourth-order valence-electron chi connectivity index (χ4n) is 5.01. The maximum absolute atomic E-state index is 12.7. The highest BCUT2D eigenvalue weighted by Gasteiger charge is 2.22. The summed E-state index contributed by atoms with van der Waals surface area (Å²) >= 11 is 0. The summed E-state index contributed by atoms with van der Waals surface area (Å²) in [7, 11) is 3.35. The molecule has 3 N–H and O–H groups in total. The van der Waals surface area contributed by atoms with E-state index in [9.17, 15) is 19.5 Å². The van der Waals surface area contributed by atoms with E-state index in [-0.39, 0.29) is 24.2 Å². The zero-order valence-electron chi connectivity index (χ0n) is 23.8. The molecule has 10 heteroatoms. The number of aromatic amines is 1. The number of piperazine rings is 1. The van der Waals surface area contributed by atoms with E-state index in [4.69, 9.17) is 9.73 Å². The van der Waals surface area contributed by atoms with Gasteiger partial charge >= 0.3 is 5.97 Å². The Labute approximate surface area is 243 Å². The van der Waals surface area contributed by atoms with Gasteiger partial charge in [0.05, 0.1) is 36.2 Å². The minimum absolute atomic E-state index is 0.0580. The molecule has 0 aliphatic carbocycles. The quantitative estimate of drug-likeness (QED) is 0.231. The summed E-state index contributed by atoms with van der Waals surface area (Å²) in [6.07, 6.45) is 0. The maximum Gasteiger partial charge on any atom is 0.338 e. The van der Waals surface area contributed by atoms with E-state index in [0.29, 0.717) is 57.6 Å². The molecule has 5 rings (SSSR count). The number of benzene rings is 3. The first-order valence-corrected chi connectivity index (χ1v) is 13.7. The highest BCUT2D eigenvalue weighted by molar-refractivity contribution is 6.22. The van der Waals surface area contributed by atoms with Gasteiger partial charge in [-0.2, -0.15) is 0 Å². The van der Waals surface area contributed by atoms with Crippen LogP contribution in [0.3, 0.4) is 0 Å². The molecule has 10 nitrogen and oxygen atoms in total. The molecule has 4 aromatic rings. The van der Waals surface area contributed by atoms with Gasteiger partial charge in [-0.25, -0.2) is 9.79 Å². The number of hydrogen-bond donors (Lipinski definition) is 3. The van der Waals surface area contributed by atoms with Crippen molar-refractivity contribution in [3.05, 3.63) is 94.5 Å². The lowest BCUT2D eigenvalue weighted by Crippen LogP contribution is -2.50. The third-order valence-corrected chi connectivity index (χ3v) is 7.44. The van der Waals surface area contributed by atoms with Gasteiger partial charge in [0.1, 0.15) is 0 Å². The van der Waals surface area contributed by atoms with Crippen molar-refractivity contribution in [1.29, 1.82) is 0 Å². The Bertz CT molecular complexity index is 1650. The fraction of sp³-hybridized carbons (Fsp3) is 0.250. The molecule has 0 atom stereocenters. The number of carbonyl (C=O) groups excluding carboxylic acids is 3. The Kier molecular flexibility index (Phi) is 8.35. The molecular weight excluding hydrogens is 534 g/mol. The van der Waals surface area contributed by atoms with Crippen molar-refractivity contribution in [2.45, 2.75) is 6.92 Å². The number of H-pyrrole nitrogens is 1. The first-order valence-electron chi connectivity index (χ1n) is 13.7. The number of fused-ring (bicyclic) bond motifs is 1. The number of likely N-dealkylation sites (N-methyl/N-ethyl adjacent to an activating group) is 1. The Morgan fingerprint density at radius 2 is 1.67 bits per heavy atom. The van der Waals surface area contributed by atoms with Gasteiger partial charge in [0.25, 0.3) is 5.91 Å². The van der Waals surface area contributed by atoms with Crippen molar-refractivity contribution >= 4 is 40.1 Å². The number of aromatic nitrogens is 1. The first-order chi connectivity index (χ1) is 20.2. The Morgan fingerprint density at radius 3 is 2.33 bits per heavy atom. The molecule has 0 radical (unpaired) electrons. The van der Waals surface area contributed by atoms with E-state index >= 15 is 0 Å². The summed E-state index contributed by atoms with van der Waals surface area (Å²) in [6.45, 7) is 4.69. The van der Waals surface area contributed by atoms with Gasteiger partial charge in [-0.1, -0.05) is 30.3 Å². The van der Waals surface area contributed by atoms with E-state index in [2.05, 4.69) is 15.2 Å². The number of methoxy groups -OCH3 is 1. The van der Waals surface area contributed by atoms with Crippen molar-refractivity contribution < 1.29 is 24.2 Å². The Morgan fingerprint density at radius 1 is 0.976 bits per heavy atom. The van der Waals surface area contributed by atoms with Crippen LogP contribution in [0.1, 0.15) is 37.4 Å². The minimum Gasteiger partial charge on any atom is -0.494 e. The molecule has 2 amide bonds. The summed E-state index contributed by atoms with van der Waals surface area (Å²) in [4.78, 5) is 49.2. The average molecular weight is 568 g/mol. The van der Waals surface area contributed by atoms with Crippen LogP contribution in [0.15, 0.2) is 71.7 Å². The van der Waals surface area contributed by atoms with Crippen LogP contribution in [-0.4, -0.2) is 90.3 Å². The van der Waals surface area contributed by atoms with Crippen LogP contribution >= 0.6 is 0 Å². The zero-order chi connectivity index (χ0) is 29.8. The monoisotopic (exact) mass is 567 g/mol. The summed E-state index contributed by atoms with van der Waals surface area (Å²) in [5.74, 6) is -0.995. The number of aromatic hydroxyl groups is 1. The van der Waals surface area contributed by atoms with Gasteiger partial charge in [-0.3, -0.25) is 9.59 Å². The van der Waals surface area contributed by atoms with Gasteiger partial charge in [-0.15, -0.1) is 0 Å². The number of aliphatic imine (C=N–C) groups is 1. The smallest absolute Gasteiger partial charge is 0.338 e. The number of nitrogens with one attached hydrogen (secondary N) is 2. The van der Waals surface area contributed by atoms with Gasteiger partial charge in [-0.05, 0) is 55.9 Å². The predicted octanol–water partition coefficient (Wildman–Crippen LogP) is 3.64. The number of esters is 1. The Balaban J connectivity index is 1.41. The molecule has 0 unspecified atom stereocenters. The highest BCUT2D eigenvalue weighted by Crippen LogP contribution is 2.33. The average Bonchev–Trinajstić information content (AvgIpc) is 3.32. The lowest BCUT2D eigenvalue weighted by molar-refractivity contribution is -0.131. The van der Waals surface area contributed by atoms with E-state index in [1.165, 1.54) is 7.11 Å². The largest absolute Gasteiger partial charge is 0.494 e. The number of hydrogen-bond acceptors (Lipinski definition) is 7. The molecule has 1 fully saturated rings. The van der Waals surface area contributed by atoms with E-state index in [0.717, 1.165) is 18.7 Å². The van der Waals surface area contributed by atoms with Crippen molar-refractivity contribution in [2.24, 2.45) is 4.99 Å². The van der Waals surface area contributed by atoms with Crippen LogP contribution in [0.25, 0.3) is 10.9 Å². The molecule has 3 aromatic carbocycles. The van der Waals surface area contributed by atoms with Gasteiger partial charge in [0, 0.05) is 48.2 Å². The summed E-state index contributed by atoms with van der Waals surface area (Å²) in [5.41, 5.74) is 4.40. The van der Waals surface area contributed by atoms with Crippen molar-refractivity contribution in [2.75, 3.05) is 46.9 Å². The molecule has 1 aliphatic heterocycles. The second-order valence-corrected chi connectivity index (χ2v) is 10.3. The van der Waals surface area contributed by atoms with Crippen LogP contribution in [0.5, 0.6) is 5.88 Å². The maximum atomic E-state index is 12.7. The molecule has 216 valence electrons. The number of amides is 2. The van der Waals surface area contributed by atoms with Crippen LogP contribution < -0.4 is 5.32 Å². The molecule has 0 spiro atoms. The van der Waals surface area contributed by atoms with Gasteiger partial charge < -0.3 is 29.9 Å². The molecule has 42 heavy (non-hydrogen) atoms. The molecule has 1 aliphatic rings. The lowest BCUT2D eigenvalue weighted by atomic mass is 9.98. The molecule has 2 heterocycles. The number of ether oxygens (including phenoxy) is 1.